The number of rotatable bonds is 8. The average molecular weight is 523 g/mol. The van der Waals surface area contributed by atoms with Crippen molar-refractivity contribution in [2.75, 3.05) is 18.6 Å². The number of guanidine groups is 1. The van der Waals surface area contributed by atoms with Crippen LogP contribution < -0.4 is 16.2 Å². The highest BCUT2D eigenvalue weighted by Gasteiger charge is 2.27. The molecule has 0 unspecified atom stereocenters. The number of nitrogens with two attached hydrogens (primary N) is 2. The number of carbonyl (C=O) groups is 3. The Kier molecular flexibility index (Phi) is 10.2. The molecule has 13 heteroatoms. The third kappa shape index (κ3) is 10.6. The molecule has 1 saturated heterocycles. The van der Waals surface area contributed by atoms with Crippen molar-refractivity contribution in [1.29, 1.82) is 0 Å². The molecule has 1 fully saturated rings. The van der Waals surface area contributed by atoms with E-state index < -0.39 is 16.1 Å². The molecule has 3 rings (SSSR count). The van der Waals surface area contributed by atoms with Gasteiger partial charge < -0.3 is 16.2 Å². The highest BCUT2D eigenvalue weighted by molar-refractivity contribution is 7.99. The Hall–Kier alpha value is -3.42. The van der Waals surface area contributed by atoms with Crippen LogP contribution in [0.5, 0.6) is 5.75 Å². The summed E-state index contributed by atoms with van der Waals surface area (Å²) < 4.78 is 31.2. The van der Waals surface area contributed by atoms with Crippen LogP contribution in [-0.2, 0) is 19.7 Å². The highest BCUT2D eigenvalue weighted by Crippen LogP contribution is 2.23. The Bertz CT molecular complexity index is 1150. The molecule has 2 amide bonds. The van der Waals surface area contributed by atoms with Crippen molar-refractivity contribution >= 4 is 51.3 Å². The number of esters is 1. The first-order valence-electron chi connectivity index (χ1n) is 10.3. The molecule has 0 spiro atoms. The summed E-state index contributed by atoms with van der Waals surface area (Å²) in [7, 11) is -3.67. The number of thioether (sulfide) groups is 1. The molecule has 0 atom stereocenters. The van der Waals surface area contributed by atoms with E-state index in [0.29, 0.717) is 42.6 Å². The number of likely N-dealkylation sites (tertiary alicyclic amines) is 1. The Morgan fingerprint density at radius 3 is 2.11 bits per heavy atom. The van der Waals surface area contributed by atoms with Gasteiger partial charge in [-0.25, -0.2) is 9.79 Å². The molecule has 0 aromatic heterocycles. The predicted molar refractivity (Wildman–Crippen MR) is 132 cm³/mol. The number of aliphatic imine (C=N–C) groups is 1. The number of imide groups is 1. The Balaban J connectivity index is 0.000000784. The zero-order valence-corrected chi connectivity index (χ0v) is 20.5. The predicted octanol–water partition coefficient (Wildman–Crippen LogP) is 1.95. The number of benzene rings is 2. The lowest BCUT2D eigenvalue weighted by atomic mass is 10.2. The number of amides is 2. The van der Waals surface area contributed by atoms with E-state index in [2.05, 4.69) is 4.99 Å². The molecule has 0 saturated carbocycles. The van der Waals surface area contributed by atoms with E-state index in [4.69, 9.17) is 20.8 Å². The minimum Gasteiger partial charge on any atom is -0.423 e. The monoisotopic (exact) mass is 522 g/mol. The first kappa shape index (κ1) is 27.8. The van der Waals surface area contributed by atoms with E-state index in [9.17, 15) is 22.8 Å². The van der Waals surface area contributed by atoms with Crippen LogP contribution in [0, 0.1) is 0 Å². The maximum atomic E-state index is 12.3. The third-order valence-electron chi connectivity index (χ3n) is 4.35. The smallest absolute Gasteiger partial charge is 0.343 e. The highest BCUT2D eigenvalue weighted by atomic mass is 32.2. The summed E-state index contributed by atoms with van der Waals surface area (Å²) in [6.45, 7) is 0.461. The fraction of sp³-hybridized carbons (Fsp3) is 0.273. The normalized spacial score (nSPS) is 13.1. The first-order valence-corrected chi connectivity index (χ1v) is 13.2. The van der Waals surface area contributed by atoms with E-state index in [1.54, 1.807) is 48.2 Å². The zero-order valence-electron chi connectivity index (χ0n) is 18.9. The van der Waals surface area contributed by atoms with E-state index in [0.717, 1.165) is 17.1 Å². The summed E-state index contributed by atoms with van der Waals surface area (Å²) in [6.07, 6.45) is 2.10. The minimum absolute atomic E-state index is 0.0543. The largest absolute Gasteiger partial charge is 0.423 e. The quantitative estimate of drug-likeness (QED) is 0.0677. The molecule has 1 aliphatic rings. The summed E-state index contributed by atoms with van der Waals surface area (Å²) in [6, 6.07) is 13.6. The van der Waals surface area contributed by atoms with Gasteiger partial charge in [0.25, 0.3) is 10.1 Å². The Labute approximate surface area is 207 Å². The summed E-state index contributed by atoms with van der Waals surface area (Å²) in [5, 5.41) is 0. The molecule has 11 nitrogen and oxygen atoms in total. The van der Waals surface area contributed by atoms with Crippen LogP contribution >= 0.6 is 11.8 Å². The van der Waals surface area contributed by atoms with Crippen molar-refractivity contribution in [2.45, 2.75) is 24.2 Å². The summed E-state index contributed by atoms with van der Waals surface area (Å²) in [5.74, 6) is 0.515. The summed E-state index contributed by atoms with van der Waals surface area (Å²) in [5.41, 5.74) is 11.6. The standard InChI is InChI=1S/C21H22N4O4S.CH4O3S/c22-21(23)24-15-4-2-14(3-5-15)20(28)29-16-6-8-17(9-7-16)30-13-1-12-25-18(26)10-11-19(25)27;1-5(2,3)4/h2-9H,1,10-13H2,(H4,22,23,24);1H3,(H,2,3,4). The van der Waals surface area contributed by atoms with Gasteiger partial charge in [-0.1, -0.05) is 0 Å². The van der Waals surface area contributed by atoms with Crippen LogP contribution in [0.25, 0.3) is 0 Å². The molecule has 2 aromatic rings. The van der Waals surface area contributed by atoms with Gasteiger partial charge in [-0.3, -0.25) is 19.0 Å². The van der Waals surface area contributed by atoms with Crippen molar-refractivity contribution in [2.24, 2.45) is 16.5 Å². The lowest BCUT2D eigenvalue weighted by Crippen LogP contribution is -2.30. The van der Waals surface area contributed by atoms with E-state index in [1.165, 1.54) is 4.90 Å². The molecule has 1 aliphatic heterocycles. The SMILES string of the molecule is CS(=O)(=O)O.NC(N)=Nc1ccc(C(=O)Oc2ccc(SCCCN3C(=O)CCC3=O)cc2)cc1. The fourth-order valence-electron chi connectivity index (χ4n) is 2.88. The lowest BCUT2D eigenvalue weighted by Gasteiger charge is -2.13. The van der Waals surface area contributed by atoms with Crippen molar-refractivity contribution in [3.63, 3.8) is 0 Å². The molecule has 5 N–H and O–H groups in total. The maximum Gasteiger partial charge on any atom is 0.343 e. The number of nitrogens with zero attached hydrogens (tertiary/aromatic N) is 2. The lowest BCUT2D eigenvalue weighted by molar-refractivity contribution is -0.138. The van der Waals surface area contributed by atoms with Gasteiger partial charge in [0.2, 0.25) is 11.8 Å². The molecular formula is C22H26N4O7S2. The number of hydrogen-bond donors (Lipinski definition) is 3. The van der Waals surface area contributed by atoms with E-state index in [1.807, 2.05) is 12.1 Å². The van der Waals surface area contributed by atoms with Gasteiger partial charge in [0.15, 0.2) is 5.96 Å². The molecule has 0 aliphatic carbocycles. The topological polar surface area (TPSA) is 182 Å². The molecule has 2 aromatic carbocycles. The Morgan fingerprint density at radius 1 is 1.06 bits per heavy atom. The van der Waals surface area contributed by atoms with Crippen LogP contribution in [0.1, 0.15) is 29.6 Å². The molecule has 0 bridgehead atoms. The molecule has 35 heavy (non-hydrogen) atoms. The number of hydrogen-bond acceptors (Lipinski definition) is 8. The van der Waals surface area contributed by atoms with Crippen LogP contribution in [0.15, 0.2) is 58.4 Å². The molecule has 0 radical (unpaired) electrons. The molecule has 188 valence electrons. The zero-order chi connectivity index (χ0) is 26.0. The van der Waals surface area contributed by atoms with Gasteiger partial charge in [0, 0.05) is 24.3 Å². The number of ether oxygens (including phenoxy) is 1. The van der Waals surface area contributed by atoms with Gasteiger partial charge in [0.1, 0.15) is 5.75 Å². The second kappa shape index (κ2) is 12.9. The second-order valence-electron chi connectivity index (χ2n) is 7.32. The Morgan fingerprint density at radius 2 is 1.60 bits per heavy atom. The van der Waals surface area contributed by atoms with Crippen molar-refractivity contribution in [3.05, 3.63) is 54.1 Å². The summed E-state index contributed by atoms with van der Waals surface area (Å²) >= 11 is 1.61. The molecular weight excluding hydrogens is 496 g/mol. The van der Waals surface area contributed by atoms with Gasteiger partial charge in [-0.15, -0.1) is 11.8 Å². The van der Waals surface area contributed by atoms with Gasteiger partial charge in [-0.05, 0) is 60.7 Å². The van der Waals surface area contributed by atoms with Crippen molar-refractivity contribution in [3.8, 4) is 5.75 Å². The van der Waals surface area contributed by atoms with E-state index >= 15 is 0 Å². The van der Waals surface area contributed by atoms with Gasteiger partial charge in [-0.2, -0.15) is 8.42 Å². The van der Waals surface area contributed by atoms with Crippen molar-refractivity contribution in [1.82, 2.24) is 4.90 Å². The van der Waals surface area contributed by atoms with E-state index in [-0.39, 0.29) is 17.8 Å². The average Bonchev–Trinajstić information content (AvgIpc) is 3.08. The maximum absolute atomic E-state index is 12.3. The van der Waals surface area contributed by atoms with Crippen LogP contribution in [0.2, 0.25) is 0 Å². The third-order valence-corrected chi connectivity index (χ3v) is 5.44. The molecule has 1 heterocycles. The first-order chi connectivity index (χ1) is 16.4. The van der Waals surface area contributed by atoms with Crippen LogP contribution in [0.4, 0.5) is 5.69 Å². The van der Waals surface area contributed by atoms with Gasteiger partial charge in [0.05, 0.1) is 17.5 Å². The summed E-state index contributed by atoms with van der Waals surface area (Å²) in [4.78, 5) is 41.6. The second-order valence-corrected chi connectivity index (χ2v) is 9.95. The van der Waals surface area contributed by atoms with Crippen LogP contribution in [-0.4, -0.2) is 60.2 Å². The minimum atomic E-state index is -3.67. The number of carbonyl (C=O) groups excluding carboxylic acids is 3. The fourth-order valence-corrected chi connectivity index (χ4v) is 3.71. The van der Waals surface area contributed by atoms with Crippen LogP contribution in [0.3, 0.4) is 0 Å². The van der Waals surface area contributed by atoms with Gasteiger partial charge >= 0.3 is 5.97 Å². The van der Waals surface area contributed by atoms with Crippen molar-refractivity contribution < 1.29 is 32.1 Å².